The summed E-state index contributed by atoms with van der Waals surface area (Å²) in [6, 6.07) is 0.727. The van der Waals surface area contributed by atoms with E-state index in [9.17, 15) is 39.6 Å². The molecule has 0 aromatic heterocycles. The van der Waals surface area contributed by atoms with Crippen molar-refractivity contribution in [3.05, 3.63) is 29.3 Å². The van der Waals surface area contributed by atoms with E-state index < -0.39 is 51.0 Å². The van der Waals surface area contributed by atoms with Crippen LogP contribution in [0.15, 0.2) is 18.2 Å². The van der Waals surface area contributed by atoms with Crippen molar-refractivity contribution in [1.82, 2.24) is 4.31 Å². The standard InChI is InChI=1S/C13H12F6N2O3S/c1-25(23,24)21-5-7(6-21)11(22)20-10-3-8(12(14,15)16)2-9(4-10)13(17,18)19/h2-4,7H,5-6H2,1H3,(H,20,22). The van der Waals surface area contributed by atoms with Crippen molar-refractivity contribution in [2.75, 3.05) is 24.7 Å². The van der Waals surface area contributed by atoms with Crippen molar-refractivity contribution in [1.29, 1.82) is 0 Å². The van der Waals surface area contributed by atoms with Crippen molar-refractivity contribution < 1.29 is 39.6 Å². The molecule has 1 aromatic rings. The lowest BCUT2D eigenvalue weighted by Crippen LogP contribution is -2.53. The Morgan fingerprint density at radius 2 is 1.48 bits per heavy atom. The van der Waals surface area contributed by atoms with Gasteiger partial charge in [-0.15, -0.1) is 0 Å². The van der Waals surface area contributed by atoms with Crippen LogP contribution in [0.5, 0.6) is 0 Å². The lowest BCUT2D eigenvalue weighted by atomic mass is 10.0. The van der Waals surface area contributed by atoms with Gasteiger partial charge in [0.05, 0.1) is 23.3 Å². The monoisotopic (exact) mass is 390 g/mol. The zero-order valence-corrected chi connectivity index (χ0v) is 13.4. The summed E-state index contributed by atoms with van der Waals surface area (Å²) in [6.45, 7) is -0.370. The van der Waals surface area contributed by atoms with Crippen LogP contribution in [0.1, 0.15) is 11.1 Å². The molecule has 0 atom stereocenters. The number of carbonyl (C=O) groups is 1. The normalized spacial score (nSPS) is 17.2. The van der Waals surface area contributed by atoms with E-state index in [4.69, 9.17) is 0 Å². The molecule has 1 aromatic carbocycles. The van der Waals surface area contributed by atoms with Crippen LogP contribution in [0.4, 0.5) is 32.0 Å². The van der Waals surface area contributed by atoms with Gasteiger partial charge in [0.25, 0.3) is 0 Å². The zero-order valence-electron chi connectivity index (χ0n) is 12.6. The number of carbonyl (C=O) groups excluding carboxylic acids is 1. The van der Waals surface area contributed by atoms with E-state index in [1.54, 1.807) is 0 Å². The van der Waals surface area contributed by atoms with Crippen molar-refractivity contribution in [3.8, 4) is 0 Å². The number of alkyl halides is 6. The predicted molar refractivity (Wildman–Crippen MR) is 75.0 cm³/mol. The van der Waals surface area contributed by atoms with Gasteiger partial charge in [0.1, 0.15) is 0 Å². The smallest absolute Gasteiger partial charge is 0.326 e. The Balaban J connectivity index is 2.20. The molecular weight excluding hydrogens is 378 g/mol. The van der Waals surface area contributed by atoms with E-state index >= 15 is 0 Å². The maximum Gasteiger partial charge on any atom is 0.416 e. The molecular formula is C13H12F6N2O3S. The van der Waals surface area contributed by atoms with Crippen LogP contribution in [0, 0.1) is 5.92 Å². The van der Waals surface area contributed by atoms with Crippen molar-refractivity contribution >= 4 is 21.6 Å². The Kier molecular flexibility index (Phi) is 4.81. The van der Waals surface area contributed by atoms with Gasteiger partial charge in [-0.1, -0.05) is 0 Å². The van der Waals surface area contributed by atoms with Gasteiger partial charge in [0.15, 0.2) is 0 Å². The molecule has 1 fully saturated rings. The Bertz CT molecular complexity index is 750. The molecule has 0 unspecified atom stereocenters. The molecule has 1 amide bonds. The lowest BCUT2D eigenvalue weighted by Gasteiger charge is -2.36. The van der Waals surface area contributed by atoms with E-state index in [0.29, 0.717) is 12.1 Å². The third-order valence-corrected chi connectivity index (χ3v) is 4.78. The van der Waals surface area contributed by atoms with Gasteiger partial charge in [0.2, 0.25) is 15.9 Å². The third-order valence-electron chi connectivity index (χ3n) is 3.54. The quantitative estimate of drug-likeness (QED) is 0.807. The zero-order chi connectivity index (χ0) is 19.2. The molecule has 2 rings (SSSR count). The maximum atomic E-state index is 12.7. The minimum atomic E-state index is -5.02. The molecule has 0 aliphatic carbocycles. The van der Waals surface area contributed by atoms with Gasteiger partial charge in [-0.25, -0.2) is 12.7 Å². The number of anilines is 1. The second kappa shape index (κ2) is 6.16. The largest absolute Gasteiger partial charge is 0.416 e. The molecule has 25 heavy (non-hydrogen) atoms. The summed E-state index contributed by atoms with van der Waals surface area (Å²) in [5.41, 5.74) is -3.77. The molecule has 1 aliphatic heterocycles. The van der Waals surface area contributed by atoms with Gasteiger partial charge >= 0.3 is 12.4 Å². The first-order valence-electron chi connectivity index (χ1n) is 6.73. The third kappa shape index (κ3) is 4.63. The average Bonchev–Trinajstić information content (AvgIpc) is 2.32. The van der Waals surface area contributed by atoms with Crippen LogP contribution < -0.4 is 5.32 Å². The Morgan fingerprint density at radius 1 is 1.04 bits per heavy atom. The number of halogens is 6. The number of sulfonamides is 1. The summed E-state index contributed by atoms with van der Waals surface area (Å²) in [6.07, 6.45) is -9.13. The number of hydrogen-bond donors (Lipinski definition) is 1. The summed E-state index contributed by atoms with van der Waals surface area (Å²) in [5, 5.41) is 1.98. The SMILES string of the molecule is CS(=O)(=O)N1CC(C(=O)Nc2cc(C(F)(F)F)cc(C(F)(F)F)c2)C1. The molecule has 0 spiro atoms. The van der Waals surface area contributed by atoms with Gasteiger partial charge < -0.3 is 5.32 Å². The first-order chi connectivity index (χ1) is 11.2. The Morgan fingerprint density at radius 3 is 1.84 bits per heavy atom. The van der Waals surface area contributed by atoms with Crippen LogP contribution >= 0.6 is 0 Å². The first kappa shape index (κ1) is 19.5. The van der Waals surface area contributed by atoms with Gasteiger partial charge in [0, 0.05) is 18.8 Å². The summed E-state index contributed by atoms with van der Waals surface area (Å²) in [4.78, 5) is 11.9. The lowest BCUT2D eigenvalue weighted by molar-refractivity contribution is -0.143. The van der Waals surface area contributed by atoms with Gasteiger partial charge in [-0.3, -0.25) is 4.79 Å². The highest BCUT2D eigenvalue weighted by Crippen LogP contribution is 2.37. The number of nitrogens with zero attached hydrogens (tertiary/aromatic N) is 1. The fourth-order valence-electron chi connectivity index (χ4n) is 2.15. The molecule has 1 saturated heterocycles. The molecule has 1 heterocycles. The summed E-state index contributed by atoms with van der Waals surface area (Å²) < 4.78 is 99.8. The Labute approximate surface area is 138 Å². The van der Waals surface area contributed by atoms with E-state index in [2.05, 4.69) is 0 Å². The molecule has 0 radical (unpaired) electrons. The molecule has 1 N–H and O–H groups in total. The molecule has 140 valence electrons. The number of nitrogens with one attached hydrogen (secondary N) is 1. The highest BCUT2D eigenvalue weighted by Gasteiger charge is 2.39. The van der Waals surface area contributed by atoms with Crippen molar-refractivity contribution in [3.63, 3.8) is 0 Å². The first-order valence-corrected chi connectivity index (χ1v) is 8.58. The molecule has 0 saturated carbocycles. The second-order valence-electron chi connectivity index (χ2n) is 5.56. The summed E-state index contributed by atoms with van der Waals surface area (Å²) in [5.74, 6) is -1.70. The van der Waals surface area contributed by atoms with Crippen LogP contribution in [-0.4, -0.2) is 38.0 Å². The Hall–Kier alpha value is -1.82. The highest BCUT2D eigenvalue weighted by molar-refractivity contribution is 7.88. The van der Waals surface area contributed by atoms with Crippen molar-refractivity contribution in [2.45, 2.75) is 12.4 Å². The topological polar surface area (TPSA) is 66.5 Å². The minimum absolute atomic E-state index is 0.0512. The van der Waals surface area contributed by atoms with E-state index in [0.717, 1.165) is 10.6 Å². The van der Waals surface area contributed by atoms with E-state index in [-0.39, 0.29) is 19.2 Å². The fraction of sp³-hybridized carbons (Fsp3) is 0.462. The molecule has 0 bridgehead atoms. The van der Waals surface area contributed by atoms with Gasteiger partial charge in [-0.05, 0) is 18.2 Å². The number of amides is 1. The maximum absolute atomic E-state index is 12.7. The van der Waals surface area contributed by atoms with Crippen LogP contribution in [0.25, 0.3) is 0 Å². The van der Waals surface area contributed by atoms with Crippen molar-refractivity contribution in [2.24, 2.45) is 5.92 Å². The van der Waals surface area contributed by atoms with Crippen LogP contribution in [0.3, 0.4) is 0 Å². The number of benzene rings is 1. The molecule has 12 heteroatoms. The van der Waals surface area contributed by atoms with Crippen LogP contribution in [-0.2, 0) is 27.2 Å². The summed E-state index contributed by atoms with van der Waals surface area (Å²) >= 11 is 0. The predicted octanol–water partition coefficient (Wildman–Crippen LogP) is 2.55. The highest BCUT2D eigenvalue weighted by atomic mass is 32.2. The fourth-order valence-corrected chi connectivity index (χ4v) is 3.05. The summed E-state index contributed by atoms with van der Waals surface area (Å²) in [7, 11) is -3.50. The minimum Gasteiger partial charge on any atom is -0.326 e. The average molecular weight is 390 g/mol. The van der Waals surface area contributed by atoms with Crippen LogP contribution in [0.2, 0.25) is 0 Å². The second-order valence-corrected chi connectivity index (χ2v) is 7.54. The molecule has 5 nitrogen and oxygen atoms in total. The number of rotatable bonds is 3. The van der Waals surface area contributed by atoms with Gasteiger partial charge in [-0.2, -0.15) is 26.3 Å². The number of hydrogen-bond acceptors (Lipinski definition) is 3. The van der Waals surface area contributed by atoms with E-state index in [1.807, 2.05) is 5.32 Å². The molecule has 1 aliphatic rings. The van der Waals surface area contributed by atoms with E-state index in [1.165, 1.54) is 0 Å².